The van der Waals surface area contributed by atoms with E-state index in [-0.39, 0.29) is 5.92 Å². The molecule has 0 rings (SSSR count). The summed E-state index contributed by atoms with van der Waals surface area (Å²) in [6.07, 6.45) is 1.89. The lowest BCUT2D eigenvalue weighted by atomic mass is 10.1. The standard InChI is InChI=1S/C12H20BrNO3/c1-8(2)10(6-9(13)7-15)14-11(16)17-12(3,4)5/h6-9H,1-5H3,(H,14,16). The van der Waals surface area contributed by atoms with Crippen molar-refractivity contribution in [3.63, 3.8) is 0 Å². The fourth-order valence-corrected chi connectivity index (χ4v) is 1.30. The monoisotopic (exact) mass is 305 g/mol. The third kappa shape index (κ3) is 7.96. The summed E-state index contributed by atoms with van der Waals surface area (Å²) in [5.74, 6) is 0.0996. The predicted molar refractivity (Wildman–Crippen MR) is 71.1 cm³/mol. The van der Waals surface area contributed by atoms with Gasteiger partial charge < -0.3 is 9.53 Å². The second kappa shape index (κ2) is 6.79. The van der Waals surface area contributed by atoms with Gasteiger partial charge in [-0.3, -0.25) is 5.32 Å². The number of nitrogens with one attached hydrogen (secondary N) is 1. The lowest BCUT2D eigenvalue weighted by Crippen LogP contribution is -2.33. The molecule has 0 spiro atoms. The minimum Gasteiger partial charge on any atom is -0.444 e. The molecule has 0 radical (unpaired) electrons. The third-order valence-corrected chi connectivity index (χ3v) is 2.22. The number of ether oxygens (including phenoxy) is 1. The van der Waals surface area contributed by atoms with E-state index in [9.17, 15) is 9.59 Å². The van der Waals surface area contributed by atoms with Crippen LogP contribution in [0.15, 0.2) is 11.8 Å². The number of carbonyl (C=O) groups is 2. The van der Waals surface area contributed by atoms with E-state index in [1.54, 1.807) is 26.8 Å². The zero-order valence-corrected chi connectivity index (χ0v) is 12.5. The van der Waals surface area contributed by atoms with Gasteiger partial charge in [0.2, 0.25) is 0 Å². The highest BCUT2D eigenvalue weighted by atomic mass is 79.9. The Bertz CT molecular complexity index is 305. The Morgan fingerprint density at radius 2 is 1.88 bits per heavy atom. The first-order chi connectivity index (χ1) is 7.65. The number of alkyl carbamates (subject to hydrolysis) is 1. The maximum Gasteiger partial charge on any atom is 0.411 e. The molecule has 5 heteroatoms. The highest BCUT2D eigenvalue weighted by Gasteiger charge is 2.18. The summed E-state index contributed by atoms with van der Waals surface area (Å²) in [5, 5.41) is 2.65. The average molecular weight is 306 g/mol. The molecule has 1 unspecified atom stereocenters. The lowest BCUT2D eigenvalue weighted by molar-refractivity contribution is -0.106. The van der Waals surface area contributed by atoms with E-state index in [0.29, 0.717) is 5.70 Å². The Morgan fingerprint density at radius 1 is 1.35 bits per heavy atom. The van der Waals surface area contributed by atoms with E-state index in [1.807, 2.05) is 13.8 Å². The normalized spacial score (nSPS) is 14.4. The number of alkyl halides is 1. The SMILES string of the molecule is CC(C)C(=CC(Br)C=O)NC(=O)OC(C)(C)C. The minimum atomic E-state index is -0.537. The summed E-state index contributed by atoms with van der Waals surface area (Å²) < 4.78 is 5.14. The van der Waals surface area contributed by atoms with E-state index in [0.717, 1.165) is 6.29 Å². The van der Waals surface area contributed by atoms with E-state index < -0.39 is 16.5 Å². The molecule has 0 aliphatic carbocycles. The molecule has 0 aromatic heterocycles. The predicted octanol–water partition coefficient (Wildman–Crippen LogP) is 3.01. The summed E-state index contributed by atoms with van der Waals surface area (Å²) in [6.45, 7) is 9.24. The van der Waals surface area contributed by atoms with E-state index in [2.05, 4.69) is 21.2 Å². The zero-order valence-electron chi connectivity index (χ0n) is 10.9. The van der Waals surface area contributed by atoms with Crippen molar-refractivity contribution in [2.45, 2.75) is 45.0 Å². The van der Waals surface area contributed by atoms with Gasteiger partial charge >= 0.3 is 6.09 Å². The van der Waals surface area contributed by atoms with E-state index in [4.69, 9.17) is 4.74 Å². The van der Waals surface area contributed by atoms with Gasteiger partial charge in [0.25, 0.3) is 0 Å². The van der Waals surface area contributed by atoms with Gasteiger partial charge in [0.05, 0.1) is 4.83 Å². The number of hydrogen-bond donors (Lipinski definition) is 1. The van der Waals surface area contributed by atoms with Crippen molar-refractivity contribution < 1.29 is 14.3 Å². The molecule has 0 aromatic carbocycles. The van der Waals surface area contributed by atoms with Crippen LogP contribution in [0.5, 0.6) is 0 Å². The number of allylic oxidation sites excluding steroid dienone is 2. The molecule has 0 heterocycles. The van der Waals surface area contributed by atoms with Crippen LogP contribution in [0.2, 0.25) is 0 Å². The Balaban J connectivity index is 4.62. The molecular weight excluding hydrogens is 286 g/mol. The number of aldehydes is 1. The molecule has 17 heavy (non-hydrogen) atoms. The van der Waals surface area contributed by atoms with Crippen molar-refractivity contribution in [1.82, 2.24) is 5.32 Å². The molecular formula is C12H20BrNO3. The summed E-state index contributed by atoms with van der Waals surface area (Å²) in [7, 11) is 0. The van der Waals surface area contributed by atoms with Gasteiger partial charge in [-0.25, -0.2) is 4.79 Å². The Labute approximate surface area is 111 Å². The fraction of sp³-hybridized carbons (Fsp3) is 0.667. The summed E-state index contributed by atoms with van der Waals surface area (Å²) in [5.41, 5.74) is 0.123. The van der Waals surface area contributed by atoms with Crippen LogP contribution in [0.4, 0.5) is 4.79 Å². The molecule has 1 amide bonds. The Kier molecular flexibility index (Phi) is 6.45. The van der Waals surface area contributed by atoms with Gasteiger partial charge in [0, 0.05) is 5.70 Å². The Hall–Kier alpha value is -0.840. The molecule has 1 atom stereocenters. The maximum atomic E-state index is 11.6. The summed E-state index contributed by atoms with van der Waals surface area (Å²) >= 11 is 3.16. The fourth-order valence-electron chi connectivity index (χ4n) is 1.01. The first-order valence-electron chi connectivity index (χ1n) is 5.47. The summed E-state index contributed by atoms with van der Waals surface area (Å²) in [4.78, 5) is 21.7. The van der Waals surface area contributed by atoms with Gasteiger partial charge in [0.1, 0.15) is 11.9 Å². The molecule has 1 N–H and O–H groups in total. The minimum absolute atomic E-state index is 0.0996. The molecule has 4 nitrogen and oxygen atoms in total. The first-order valence-corrected chi connectivity index (χ1v) is 6.38. The molecule has 0 fully saturated rings. The van der Waals surface area contributed by atoms with Gasteiger partial charge in [0.15, 0.2) is 0 Å². The average Bonchev–Trinajstić information content (AvgIpc) is 2.13. The van der Waals surface area contributed by atoms with Crippen LogP contribution in [-0.4, -0.2) is 22.8 Å². The van der Waals surface area contributed by atoms with Crippen molar-refractivity contribution in [1.29, 1.82) is 0 Å². The van der Waals surface area contributed by atoms with Gasteiger partial charge in [-0.05, 0) is 32.8 Å². The third-order valence-electron chi connectivity index (χ3n) is 1.74. The van der Waals surface area contributed by atoms with Crippen molar-refractivity contribution in [3.05, 3.63) is 11.8 Å². The van der Waals surface area contributed by atoms with Crippen LogP contribution in [0.1, 0.15) is 34.6 Å². The van der Waals surface area contributed by atoms with Gasteiger partial charge in [-0.1, -0.05) is 29.8 Å². The quantitative estimate of drug-likeness (QED) is 0.641. The van der Waals surface area contributed by atoms with Crippen LogP contribution in [0.3, 0.4) is 0 Å². The number of hydrogen-bond acceptors (Lipinski definition) is 3. The second-order valence-corrected chi connectivity index (χ2v) is 6.04. The molecule has 0 aliphatic heterocycles. The Morgan fingerprint density at radius 3 is 2.24 bits per heavy atom. The van der Waals surface area contributed by atoms with Crippen LogP contribution < -0.4 is 5.32 Å². The number of halogens is 1. The lowest BCUT2D eigenvalue weighted by Gasteiger charge is -2.21. The second-order valence-electron chi connectivity index (χ2n) is 4.98. The first kappa shape index (κ1) is 16.2. The zero-order chi connectivity index (χ0) is 13.6. The van der Waals surface area contributed by atoms with E-state index >= 15 is 0 Å². The van der Waals surface area contributed by atoms with Crippen molar-refractivity contribution in [2.24, 2.45) is 5.92 Å². The number of rotatable bonds is 4. The van der Waals surface area contributed by atoms with Crippen LogP contribution in [-0.2, 0) is 9.53 Å². The van der Waals surface area contributed by atoms with Gasteiger partial charge in [-0.15, -0.1) is 0 Å². The van der Waals surface area contributed by atoms with Crippen LogP contribution >= 0.6 is 15.9 Å². The molecule has 0 bridgehead atoms. The largest absolute Gasteiger partial charge is 0.444 e. The molecule has 0 aliphatic rings. The topological polar surface area (TPSA) is 55.4 Å². The molecule has 98 valence electrons. The maximum absolute atomic E-state index is 11.6. The number of carbonyl (C=O) groups excluding carboxylic acids is 2. The van der Waals surface area contributed by atoms with Crippen molar-refractivity contribution >= 4 is 28.3 Å². The van der Waals surface area contributed by atoms with Crippen molar-refractivity contribution in [2.75, 3.05) is 0 Å². The highest BCUT2D eigenvalue weighted by Crippen LogP contribution is 2.12. The molecule has 0 saturated carbocycles. The number of amides is 1. The summed E-state index contributed by atoms with van der Waals surface area (Å²) in [6, 6.07) is 0. The van der Waals surface area contributed by atoms with Gasteiger partial charge in [-0.2, -0.15) is 0 Å². The van der Waals surface area contributed by atoms with Crippen molar-refractivity contribution in [3.8, 4) is 0 Å². The van der Waals surface area contributed by atoms with Crippen LogP contribution in [0, 0.1) is 5.92 Å². The smallest absolute Gasteiger partial charge is 0.411 e. The molecule has 0 saturated heterocycles. The highest BCUT2D eigenvalue weighted by molar-refractivity contribution is 9.10. The molecule has 0 aromatic rings. The van der Waals surface area contributed by atoms with Crippen LogP contribution in [0.25, 0.3) is 0 Å². The van der Waals surface area contributed by atoms with E-state index in [1.165, 1.54) is 0 Å².